The second kappa shape index (κ2) is 8.04. The number of hydrogen-bond donors (Lipinski definition) is 1. The van der Waals surface area contributed by atoms with Gasteiger partial charge in [0.1, 0.15) is 5.82 Å². The van der Waals surface area contributed by atoms with E-state index in [1.165, 1.54) is 6.42 Å². The normalized spacial score (nSPS) is 19.0. The van der Waals surface area contributed by atoms with Crippen LogP contribution in [-0.4, -0.2) is 53.9 Å². The molecule has 0 saturated carbocycles. The van der Waals surface area contributed by atoms with Gasteiger partial charge in [-0.1, -0.05) is 11.6 Å². The minimum absolute atomic E-state index is 0.00943. The van der Waals surface area contributed by atoms with Gasteiger partial charge in [0.05, 0.1) is 10.6 Å². The molecule has 3 rings (SSSR count). The summed E-state index contributed by atoms with van der Waals surface area (Å²) in [6.07, 6.45) is 6.69. The molecular formula is C18H25ClN4O2. The van der Waals surface area contributed by atoms with Gasteiger partial charge in [0.25, 0.3) is 5.91 Å². The third kappa shape index (κ3) is 4.42. The summed E-state index contributed by atoms with van der Waals surface area (Å²) >= 11 is 6.42. The molecule has 0 aliphatic carbocycles. The number of pyridine rings is 1. The highest BCUT2D eigenvalue weighted by Crippen LogP contribution is 2.27. The van der Waals surface area contributed by atoms with Crippen molar-refractivity contribution in [1.82, 2.24) is 15.2 Å². The van der Waals surface area contributed by atoms with Crippen LogP contribution in [-0.2, 0) is 4.79 Å². The highest BCUT2D eigenvalue weighted by molar-refractivity contribution is 6.33. The standard InChI is InChI=1S/C18H25ClN4O2/c1-13(24)21-15-5-9-22(10-6-15)17-16(19)11-14(12-20-17)18(25)23-7-3-2-4-8-23/h11-12,15H,2-10H2,1H3,(H,21,24). The molecule has 136 valence electrons. The summed E-state index contributed by atoms with van der Waals surface area (Å²) in [5.74, 6) is 0.748. The van der Waals surface area contributed by atoms with E-state index in [9.17, 15) is 9.59 Å². The lowest BCUT2D eigenvalue weighted by atomic mass is 10.0. The van der Waals surface area contributed by atoms with Crippen LogP contribution in [0.3, 0.4) is 0 Å². The molecular weight excluding hydrogens is 340 g/mol. The quantitative estimate of drug-likeness (QED) is 0.894. The van der Waals surface area contributed by atoms with Gasteiger partial charge in [0, 0.05) is 45.3 Å². The molecule has 0 aromatic carbocycles. The highest BCUT2D eigenvalue weighted by Gasteiger charge is 2.24. The fourth-order valence-corrected chi connectivity index (χ4v) is 3.87. The van der Waals surface area contributed by atoms with E-state index in [4.69, 9.17) is 11.6 Å². The molecule has 0 spiro atoms. The van der Waals surface area contributed by atoms with Gasteiger partial charge < -0.3 is 15.1 Å². The van der Waals surface area contributed by atoms with Gasteiger partial charge >= 0.3 is 0 Å². The molecule has 3 heterocycles. The SMILES string of the molecule is CC(=O)NC1CCN(c2ncc(C(=O)N3CCCCC3)cc2Cl)CC1. The molecule has 25 heavy (non-hydrogen) atoms. The van der Waals surface area contributed by atoms with E-state index in [0.717, 1.165) is 57.7 Å². The van der Waals surface area contributed by atoms with Crippen molar-refractivity contribution < 1.29 is 9.59 Å². The number of hydrogen-bond acceptors (Lipinski definition) is 4. The first-order valence-corrected chi connectivity index (χ1v) is 9.39. The Kier molecular flexibility index (Phi) is 5.78. The summed E-state index contributed by atoms with van der Waals surface area (Å²) in [6.45, 7) is 4.75. The largest absolute Gasteiger partial charge is 0.355 e. The summed E-state index contributed by atoms with van der Waals surface area (Å²) in [5, 5.41) is 3.47. The van der Waals surface area contributed by atoms with Gasteiger partial charge in [-0.25, -0.2) is 4.98 Å². The zero-order valence-corrected chi connectivity index (χ0v) is 15.4. The van der Waals surface area contributed by atoms with E-state index >= 15 is 0 Å². The van der Waals surface area contributed by atoms with Gasteiger partial charge in [-0.3, -0.25) is 9.59 Å². The number of amides is 2. The van der Waals surface area contributed by atoms with Crippen molar-refractivity contribution in [3.05, 3.63) is 22.8 Å². The smallest absolute Gasteiger partial charge is 0.255 e. The first-order valence-electron chi connectivity index (χ1n) is 9.01. The zero-order valence-electron chi connectivity index (χ0n) is 14.6. The molecule has 1 N–H and O–H groups in total. The van der Waals surface area contributed by atoms with Crippen molar-refractivity contribution >= 4 is 29.2 Å². The van der Waals surface area contributed by atoms with Crippen LogP contribution in [0.5, 0.6) is 0 Å². The van der Waals surface area contributed by atoms with Gasteiger partial charge in [-0.05, 0) is 38.2 Å². The Balaban J connectivity index is 1.64. The van der Waals surface area contributed by atoms with Gasteiger partial charge in [-0.2, -0.15) is 0 Å². The number of carbonyl (C=O) groups is 2. The minimum atomic E-state index is 0.00943. The molecule has 0 bridgehead atoms. The summed E-state index contributed by atoms with van der Waals surface area (Å²) in [5.41, 5.74) is 0.559. The van der Waals surface area contributed by atoms with Crippen LogP contribution in [0.15, 0.2) is 12.3 Å². The Hall–Kier alpha value is -1.82. The molecule has 2 aliphatic heterocycles. The molecule has 2 amide bonds. The topological polar surface area (TPSA) is 65.5 Å². The van der Waals surface area contributed by atoms with Crippen LogP contribution in [0, 0.1) is 0 Å². The molecule has 7 heteroatoms. The Bertz CT molecular complexity index is 638. The molecule has 1 aromatic rings. The van der Waals surface area contributed by atoms with E-state index < -0.39 is 0 Å². The first-order chi connectivity index (χ1) is 12.0. The Labute approximate surface area is 153 Å². The molecule has 2 fully saturated rings. The molecule has 2 saturated heterocycles. The van der Waals surface area contributed by atoms with Crippen molar-refractivity contribution in [2.75, 3.05) is 31.1 Å². The highest BCUT2D eigenvalue weighted by atomic mass is 35.5. The predicted molar refractivity (Wildman–Crippen MR) is 98.1 cm³/mol. The van der Waals surface area contributed by atoms with Crippen molar-refractivity contribution in [3.8, 4) is 0 Å². The maximum atomic E-state index is 12.6. The lowest BCUT2D eigenvalue weighted by Crippen LogP contribution is -2.44. The first kappa shape index (κ1) is 18.0. The average molecular weight is 365 g/mol. The van der Waals surface area contributed by atoms with Gasteiger partial charge in [0.15, 0.2) is 0 Å². The van der Waals surface area contributed by atoms with E-state index in [2.05, 4.69) is 15.2 Å². The molecule has 2 aliphatic rings. The Morgan fingerprint density at radius 1 is 1.16 bits per heavy atom. The van der Waals surface area contributed by atoms with Crippen LogP contribution in [0.2, 0.25) is 5.02 Å². The van der Waals surface area contributed by atoms with Crippen LogP contribution in [0.25, 0.3) is 0 Å². The number of halogens is 1. The summed E-state index contributed by atoms with van der Waals surface area (Å²) < 4.78 is 0. The number of anilines is 1. The molecule has 0 radical (unpaired) electrons. The predicted octanol–water partition coefficient (Wildman–Crippen LogP) is 2.47. The number of rotatable bonds is 3. The lowest BCUT2D eigenvalue weighted by molar-refractivity contribution is -0.119. The van der Waals surface area contributed by atoms with Gasteiger partial charge in [-0.15, -0.1) is 0 Å². The van der Waals surface area contributed by atoms with Gasteiger partial charge in [0.2, 0.25) is 5.91 Å². The summed E-state index contributed by atoms with van der Waals surface area (Å²) in [4.78, 5) is 32.2. The maximum absolute atomic E-state index is 12.6. The maximum Gasteiger partial charge on any atom is 0.255 e. The van der Waals surface area contributed by atoms with Crippen LogP contribution >= 0.6 is 11.6 Å². The number of carbonyl (C=O) groups excluding carboxylic acids is 2. The number of piperidine rings is 2. The number of likely N-dealkylation sites (tertiary alicyclic amines) is 1. The zero-order chi connectivity index (χ0) is 17.8. The van der Waals surface area contributed by atoms with E-state index in [1.54, 1.807) is 19.2 Å². The van der Waals surface area contributed by atoms with E-state index in [-0.39, 0.29) is 17.9 Å². The van der Waals surface area contributed by atoms with Crippen LogP contribution < -0.4 is 10.2 Å². The molecule has 0 unspecified atom stereocenters. The van der Waals surface area contributed by atoms with Crippen LogP contribution in [0.1, 0.15) is 49.4 Å². The second-order valence-electron chi connectivity index (χ2n) is 6.84. The van der Waals surface area contributed by atoms with E-state index in [1.807, 2.05) is 4.90 Å². The Morgan fingerprint density at radius 2 is 1.84 bits per heavy atom. The molecule has 1 aromatic heterocycles. The fraction of sp³-hybridized carbons (Fsp3) is 0.611. The molecule has 0 atom stereocenters. The minimum Gasteiger partial charge on any atom is -0.355 e. The van der Waals surface area contributed by atoms with Crippen molar-refractivity contribution in [2.24, 2.45) is 0 Å². The summed E-state index contributed by atoms with van der Waals surface area (Å²) in [6, 6.07) is 1.95. The van der Waals surface area contributed by atoms with E-state index in [0.29, 0.717) is 10.6 Å². The monoisotopic (exact) mass is 364 g/mol. The third-order valence-electron chi connectivity index (χ3n) is 4.91. The summed E-state index contributed by atoms with van der Waals surface area (Å²) in [7, 11) is 0. The molecule has 6 nitrogen and oxygen atoms in total. The fourth-order valence-electron chi connectivity index (χ4n) is 3.58. The van der Waals surface area contributed by atoms with Crippen molar-refractivity contribution in [3.63, 3.8) is 0 Å². The third-order valence-corrected chi connectivity index (χ3v) is 5.19. The Morgan fingerprint density at radius 3 is 2.44 bits per heavy atom. The van der Waals surface area contributed by atoms with Crippen molar-refractivity contribution in [2.45, 2.75) is 45.1 Å². The lowest BCUT2D eigenvalue weighted by Gasteiger charge is -2.33. The van der Waals surface area contributed by atoms with Crippen LogP contribution in [0.4, 0.5) is 5.82 Å². The number of aromatic nitrogens is 1. The average Bonchev–Trinajstić information content (AvgIpc) is 2.62. The number of nitrogens with zero attached hydrogens (tertiary/aromatic N) is 3. The van der Waals surface area contributed by atoms with Crippen molar-refractivity contribution in [1.29, 1.82) is 0 Å². The number of nitrogens with one attached hydrogen (secondary N) is 1. The second-order valence-corrected chi connectivity index (χ2v) is 7.25.